The summed E-state index contributed by atoms with van der Waals surface area (Å²) in [7, 11) is 0. The minimum Gasteiger partial charge on any atom is -0.396 e. The lowest BCUT2D eigenvalue weighted by Crippen LogP contribution is -2.03. The molecule has 0 bridgehead atoms. The van der Waals surface area contributed by atoms with E-state index in [9.17, 15) is 4.79 Å². The van der Waals surface area contributed by atoms with Gasteiger partial charge in [-0.2, -0.15) is 0 Å². The van der Waals surface area contributed by atoms with Crippen molar-refractivity contribution in [3.8, 4) is 0 Å². The van der Waals surface area contributed by atoms with Gasteiger partial charge >= 0.3 is 0 Å². The second-order valence-electron chi connectivity index (χ2n) is 2.71. The fourth-order valence-electron chi connectivity index (χ4n) is 1.12. The van der Waals surface area contributed by atoms with Gasteiger partial charge in [0.1, 0.15) is 0 Å². The van der Waals surface area contributed by atoms with Crippen molar-refractivity contribution >= 4 is 5.78 Å². The monoisotopic (exact) mass is 164 g/mol. The first kappa shape index (κ1) is 8.94. The average molecular weight is 164 g/mol. The molecule has 1 N–H and O–H groups in total. The molecule has 0 saturated heterocycles. The number of hydrogen-bond acceptors (Lipinski definition) is 2. The maximum Gasteiger partial charge on any atom is 0.165 e. The Morgan fingerprint density at radius 1 is 1.42 bits per heavy atom. The van der Waals surface area contributed by atoms with Crippen LogP contribution in [0.3, 0.4) is 0 Å². The smallest absolute Gasteiger partial charge is 0.165 e. The summed E-state index contributed by atoms with van der Waals surface area (Å²) >= 11 is 0. The summed E-state index contributed by atoms with van der Waals surface area (Å²) in [6.45, 7) is 1.82. The number of aliphatic hydroxyl groups excluding tert-OH is 1. The first-order chi connectivity index (χ1) is 5.75. The number of ketones is 1. The lowest BCUT2D eigenvalue weighted by Gasteiger charge is -2.01. The van der Waals surface area contributed by atoms with Gasteiger partial charge in [0.15, 0.2) is 5.78 Å². The largest absolute Gasteiger partial charge is 0.396 e. The Kier molecular flexibility index (Phi) is 3.00. The highest BCUT2D eigenvalue weighted by Gasteiger charge is 2.06. The number of Topliss-reactive ketones (excluding diaryl/α,β-unsaturated/α-hetero) is 1. The van der Waals surface area contributed by atoms with Crippen molar-refractivity contribution in [2.45, 2.75) is 13.3 Å². The third-order valence-corrected chi connectivity index (χ3v) is 1.78. The van der Waals surface area contributed by atoms with Gasteiger partial charge in [0.25, 0.3) is 0 Å². The molecule has 0 radical (unpaired) electrons. The molecule has 0 spiro atoms. The molecule has 0 atom stereocenters. The van der Waals surface area contributed by atoms with Gasteiger partial charge in [-0.15, -0.1) is 0 Å². The van der Waals surface area contributed by atoms with E-state index in [0.717, 1.165) is 5.56 Å². The van der Waals surface area contributed by atoms with Crippen molar-refractivity contribution in [2.75, 3.05) is 6.61 Å². The van der Waals surface area contributed by atoms with E-state index in [-0.39, 0.29) is 18.8 Å². The molecule has 0 fully saturated rings. The Hall–Kier alpha value is -1.15. The van der Waals surface area contributed by atoms with Crippen molar-refractivity contribution in [3.63, 3.8) is 0 Å². The predicted octanol–water partition coefficient (Wildman–Crippen LogP) is 1.56. The summed E-state index contributed by atoms with van der Waals surface area (Å²) in [6.07, 6.45) is 0.213. The van der Waals surface area contributed by atoms with E-state index in [2.05, 4.69) is 0 Å². The summed E-state index contributed by atoms with van der Waals surface area (Å²) in [5.74, 6) is 0.00981. The summed E-state index contributed by atoms with van der Waals surface area (Å²) < 4.78 is 0. The zero-order chi connectivity index (χ0) is 8.97. The average Bonchev–Trinajstić information content (AvgIpc) is 2.05. The Bertz CT molecular complexity index is 279. The highest BCUT2D eigenvalue weighted by Crippen LogP contribution is 2.08. The third kappa shape index (κ3) is 1.92. The minimum absolute atomic E-state index is 0.00981. The molecule has 12 heavy (non-hydrogen) atoms. The van der Waals surface area contributed by atoms with Gasteiger partial charge in [0, 0.05) is 12.0 Å². The molecule has 0 amide bonds. The molecule has 0 aliphatic carbocycles. The molecule has 0 aromatic heterocycles. The number of rotatable bonds is 3. The summed E-state index contributed by atoms with van der Waals surface area (Å²) in [6, 6.07) is 7.40. The molecule has 1 aromatic carbocycles. The number of carbonyl (C=O) groups excluding carboxylic acids is 1. The van der Waals surface area contributed by atoms with E-state index in [1.165, 1.54) is 0 Å². The van der Waals surface area contributed by atoms with Crippen LogP contribution >= 0.6 is 0 Å². The van der Waals surface area contributed by atoms with Crippen LogP contribution in [-0.2, 0) is 0 Å². The topological polar surface area (TPSA) is 37.3 Å². The van der Waals surface area contributed by atoms with Crippen LogP contribution in [0.4, 0.5) is 0 Å². The van der Waals surface area contributed by atoms with Crippen LogP contribution in [-0.4, -0.2) is 17.5 Å². The molecule has 0 aliphatic heterocycles. The van der Waals surface area contributed by atoms with Crippen LogP contribution in [0.15, 0.2) is 24.3 Å². The fraction of sp³-hybridized carbons (Fsp3) is 0.300. The van der Waals surface area contributed by atoms with Gasteiger partial charge in [-0.05, 0) is 12.5 Å². The van der Waals surface area contributed by atoms with E-state index in [1.807, 2.05) is 25.1 Å². The van der Waals surface area contributed by atoms with Gasteiger partial charge in [0.2, 0.25) is 0 Å². The highest BCUT2D eigenvalue weighted by molar-refractivity contribution is 5.97. The molecular weight excluding hydrogens is 152 g/mol. The number of benzene rings is 1. The molecule has 2 nitrogen and oxygen atoms in total. The van der Waals surface area contributed by atoms with Crippen molar-refractivity contribution in [1.29, 1.82) is 0 Å². The minimum atomic E-state index is -0.0762. The SMILES string of the molecule is Cc1ccccc1C(=O)CCO. The molecule has 1 aromatic rings. The third-order valence-electron chi connectivity index (χ3n) is 1.78. The second-order valence-corrected chi connectivity index (χ2v) is 2.71. The fourth-order valence-corrected chi connectivity index (χ4v) is 1.12. The standard InChI is InChI=1S/C10H12O2/c1-8-4-2-3-5-9(8)10(12)6-7-11/h2-5,11H,6-7H2,1H3. The van der Waals surface area contributed by atoms with E-state index in [1.54, 1.807) is 6.07 Å². The normalized spacial score (nSPS) is 9.83. The predicted molar refractivity (Wildman–Crippen MR) is 47.2 cm³/mol. The Morgan fingerprint density at radius 2 is 2.08 bits per heavy atom. The highest BCUT2D eigenvalue weighted by atomic mass is 16.3. The van der Waals surface area contributed by atoms with Gasteiger partial charge in [0.05, 0.1) is 6.61 Å². The number of hydrogen-bond donors (Lipinski definition) is 1. The number of aliphatic hydroxyl groups is 1. The molecule has 2 heteroatoms. The van der Waals surface area contributed by atoms with Crippen LogP contribution in [0.2, 0.25) is 0 Å². The van der Waals surface area contributed by atoms with Gasteiger partial charge < -0.3 is 5.11 Å². The van der Waals surface area contributed by atoms with E-state index in [0.29, 0.717) is 5.56 Å². The number of aryl methyl sites for hydroxylation is 1. The molecule has 0 aliphatic rings. The maximum atomic E-state index is 11.3. The summed E-state index contributed by atoms with van der Waals surface area (Å²) in [4.78, 5) is 11.3. The van der Waals surface area contributed by atoms with Crippen LogP contribution in [0.5, 0.6) is 0 Å². The van der Waals surface area contributed by atoms with Crippen LogP contribution < -0.4 is 0 Å². The van der Waals surface area contributed by atoms with Crippen molar-refractivity contribution in [1.82, 2.24) is 0 Å². The lowest BCUT2D eigenvalue weighted by molar-refractivity contribution is 0.0956. The quantitative estimate of drug-likeness (QED) is 0.688. The zero-order valence-electron chi connectivity index (χ0n) is 7.08. The molecule has 0 unspecified atom stereocenters. The molecule has 64 valence electrons. The molecule has 0 heterocycles. The zero-order valence-corrected chi connectivity index (χ0v) is 7.08. The molecule has 0 saturated carbocycles. The van der Waals surface area contributed by atoms with Crippen LogP contribution in [0.25, 0.3) is 0 Å². The lowest BCUT2D eigenvalue weighted by atomic mass is 10.0. The van der Waals surface area contributed by atoms with Gasteiger partial charge in [-0.3, -0.25) is 4.79 Å². The van der Waals surface area contributed by atoms with Crippen molar-refractivity contribution in [2.24, 2.45) is 0 Å². The maximum absolute atomic E-state index is 11.3. The Labute approximate surface area is 71.8 Å². The summed E-state index contributed by atoms with van der Waals surface area (Å²) in [5.41, 5.74) is 1.68. The van der Waals surface area contributed by atoms with Crippen molar-refractivity contribution < 1.29 is 9.90 Å². The second kappa shape index (κ2) is 4.02. The van der Waals surface area contributed by atoms with Gasteiger partial charge in [-0.25, -0.2) is 0 Å². The number of carbonyl (C=O) groups is 1. The van der Waals surface area contributed by atoms with Crippen LogP contribution in [0.1, 0.15) is 22.3 Å². The van der Waals surface area contributed by atoms with E-state index < -0.39 is 0 Å². The van der Waals surface area contributed by atoms with Crippen LogP contribution in [0, 0.1) is 6.92 Å². The molecule has 1 rings (SSSR count). The van der Waals surface area contributed by atoms with E-state index >= 15 is 0 Å². The Morgan fingerprint density at radius 3 is 2.67 bits per heavy atom. The first-order valence-electron chi connectivity index (χ1n) is 3.95. The van der Waals surface area contributed by atoms with Crippen molar-refractivity contribution in [3.05, 3.63) is 35.4 Å². The Balaban J connectivity index is 2.87. The first-order valence-corrected chi connectivity index (χ1v) is 3.95. The summed E-state index contributed by atoms with van der Waals surface area (Å²) in [5, 5.41) is 8.57. The van der Waals surface area contributed by atoms with E-state index in [4.69, 9.17) is 5.11 Å². The molecular formula is C10H12O2. The van der Waals surface area contributed by atoms with Gasteiger partial charge in [-0.1, -0.05) is 24.3 Å².